The number of alkyl halides is 1. The standard InChI is InChI=1S/C7H16ClN/c1-7(6-9-2)4-3-5-8/h7,9H,3-6H2,1-2H3. The quantitative estimate of drug-likeness (QED) is 0.589. The molecule has 9 heavy (non-hydrogen) atoms. The van der Waals surface area contributed by atoms with Crippen LogP contribution in [0.1, 0.15) is 19.8 Å². The van der Waals surface area contributed by atoms with E-state index in [4.69, 9.17) is 11.6 Å². The monoisotopic (exact) mass is 149 g/mol. The van der Waals surface area contributed by atoms with E-state index in [9.17, 15) is 0 Å². The number of hydrogen-bond donors (Lipinski definition) is 1. The Morgan fingerprint density at radius 2 is 2.22 bits per heavy atom. The van der Waals surface area contributed by atoms with E-state index in [-0.39, 0.29) is 0 Å². The summed E-state index contributed by atoms with van der Waals surface area (Å²) in [6.07, 6.45) is 2.38. The van der Waals surface area contributed by atoms with Crippen LogP contribution < -0.4 is 5.32 Å². The molecule has 0 radical (unpaired) electrons. The maximum Gasteiger partial charge on any atom is 0.0223 e. The van der Waals surface area contributed by atoms with Gasteiger partial charge in [-0.05, 0) is 32.4 Å². The third-order valence-electron chi connectivity index (χ3n) is 1.38. The van der Waals surface area contributed by atoms with Crippen LogP contribution in [0, 0.1) is 5.92 Å². The van der Waals surface area contributed by atoms with Crippen molar-refractivity contribution >= 4 is 11.6 Å². The van der Waals surface area contributed by atoms with Gasteiger partial charge in [0.05, 0.1) is 0 Å². The highest BCUT2D eigenvalue weighted by Gasteiger charge is 1.97. The molecule has 0 rings (SSSR count). The first-order valence-electron chi connectivity index (χ1n) is 3.51. The Kier molecular flexibility index (Phi) is 6.55. The summed E-state index contributed by atoms with van der Waals surface area (Å²) in [5.74, 6) is 1.57. The predicted molar refractivity (Wildman–Crippen MR) is 43.0 cm³/mol. The maximum absolute atomic E-state index is 5.53. The van der Waals surface area contributed by atoms with E-state index >= 15 is 0 Å². The van der Waals surface area contributed by atoms with Crippen molar-refractivity contribution < 1.29 is 0 Å². The Morgan fingerprint density at radius 1 is 1.56 bits per heavy atom. The minimum absolute atomic E-state index is 0.772. The van der Waals surface area contributed by atoms with Gasteiger partial charge in [-0.3, -0.25) is 0 Å². The predicted octanol–water partition coefficient (Wildman–Crippen LogP) is 1.86. The maximum atomic E-state index is 5.53. The van der Waals surface area contributed by atoms with Crippen LogP contribution >= 0.6 is 11.6 Å². The Hall–Kier alpha value is 0.250. The van der Waals surface area contributed by atoms with E-state index in [1.807, 2.05) is 7.05 Å². The molecule has 0 fully saturated rings. The summed E-state index contributed by atoms with van der Waals surface area (Å²) in [5.41, 5.74) is 0. The topological polar surface area (TPSA) is 12.0 Å². The van der Waals surface area contributed by atoms with Gasteiger partial charge in [-0.2, -0.15) is 0 Å². The fourth-order valence-corrected chi connectivity index (χ4v) is 1.03. The normalized spacial score (nSPS) is 13.7. The van der Waals surface area contributed by atoms with E-state index in [2.05, 4.69) is 12.2 Å². The lowest BCUT2D eigenvalue weighted by Crippen LogP contribution is -2.15. The largest absolute Gasteiger partial charge is 0.319 e. The number of rotatable bonds is 5. The first-order valence-corrected chi connectivity index (χ1v) is 4.05. The van der Waals surface area contributed by atoms with Gasteiger partial charge in [0, 0.05) is 5.88 Å². The third-order valence-corrected chi connectivity index (χ3v) is 1.65. The lowest BCUT2D eigenvalue weighted by Gasteiger charge is -2.07. The molecule has 0 amide bonds. The van der Waals surface area contributed by atoms with Crippen LogP contribution in [-0.2, 0) is 0 Å². The number of halogens is 1. The minimum Gasteiger partial charge on any atom is -0.319 e. The summed E-state index contributed by atoms with van der Waals surface area (Å²) in [6, 6.07) is 0. The fourth-order valence-electron chi connectivity index (χ4n) is 0.876. The summed E-state index contributed by atoms with van der Waals surface area (Å²) < 4.78 is 0. The molecule has 2 heteroatoms. The Morgan fingerprint density at radius 3 is 2.67 bits per heavy atom. The second kappa shape index (κ2) is 6.37. The van der Waals surface area contributed by atoms with Crippen molar-refractivity contribution in [2.75, 3.05) is 19.5 Å². The van der Waals surface area contributed by atoms with Gasteiger partial charge < -0.3 is 5.32 Å². The molecule has 56 valence electrons. The van der Waals surface area contributed by atoms with Gasteiger partial charge in [0.15, 0.2) is 0 Å². The molecule has 1 nitrogen and oxygen atoms in total. The van der Waals surface area contributed by atoms with Crippen LogP contribution in [0.4, 0.5) is 0 Å². The van der Waals surface area contributed by atoms with Crippen LogP contribution in [0.3, 0.4) is 0 Å². The average molecular weight is 150 g/mol. The molecule has 0 aromatic rings. The zero-order chi connectivity index (χ0) is 7.11. The Bertz CT molecular complexity index is 56.9. The van der Waals surface area contributed by atoms with E-state index < -0.39 is 0 Å². The zero-order valence-corrected chi connectivity index (χ0v) is 7.04. The second-order valence-corrected chi connectivity index (χ2v) is 2.87. The van der Waals surface area contributed by atoms with Crippen molar-refractivity contribution in [1.82, 2.24) is 5.32 Å². The molecule has 0 aromatic heterocycles. The zero-order valence-electron chi connectivity index (χ0n) is 6.28. The Balaban J connectivity index is 2.95. The van der Waals surface area contributed by atoms with Gasteiger partial charge in [0.1, 0.15) is 0 Å². The van der Waals surface area contributed by atoms with Crippen LogP contribution in [0.25, 0.3) is 0 Å². The molecular formula is C7H16ClN. The van der Waals surface area contributed by atoms with Gasteiger partial charge in [-0.1, -0.05) is 6.92 Å². The lowest BCUT2D eigenvalue weighted by molar-refractivity contribution is 0.499. The number of nitrogens with one attached hydrogen (secondary N) is 1. The molecule has 1 N–H and O–H groups in total. The van der Waals surface area contributed by atoms with Gasteiger partial charge in [-0.15, -0.1) is 11.6 Å². The molecule has 0 aliphatic carbocycles. The van der Waals surface area contributed by atoms with Gasteiger partial charge in [0.25, 0.3) is 0 Å². The van der Waals surface area contributed by atoms with Crippen LogP contribution in [-0.4, -0.2) is 19.5 Å². The highest BCUT2D eigenvalue weighted by Crippen LogP contribution is 2.03. The first-order chi connectivity index (χ1) is 4.31. The van der Waals surface area contributed by atoms with Crippen molar-refractivity contribution in [2.45, 2.75) is 19.8 Å². The summed E-state index contributed by atoms with van der Waals surface area (Å²) in [5, 5.41) is 3.13. The first kappa shape index (κ1) is 9.25. The molecule has 0 aliphatic rings. The third kappa shape index (κ3) is 6.13. The highest BCUT2D eigenvalue weighted by molar-refractivity contribution is 6.17. The van der Waals surface area contributed by atoms with Crippen molar-refractivity contribution in [3.05, 3.63) is 0 Å². The van der Waals surface area contributed by atoms with E-state index in [0.717, 1.165) is 24.8 Å². The van der Waals surface area contributed by atoms with Crippen LogP contribution in [0.5, 0.6) is 0 Å². The van der Waals surface area contributed by atoms with Crippen LogP contribution in [0.2, 0.25) is 0 Å². The highest BCUT2D eigenvalue weighted by atomic mass is 35.5. The summed E-state index contributed by atoms with van der Waals surface area (Å²) in [4.78, 5) is 0. The average Bonchev–Trinajstić information content (AvgIpc) is 1.85. The minimum atomic E-state index is 0.772. The molecule has 0 spiro atoms. The molecule has 0 heterocycles. The summed E-state index contributed by atoms with van der Waals surface area (Å²) in [6.45, 7) is 3.35. The Labute approximate surface area is 62.8 Å². The molecule has 1 unspecified atom stereocenters. The van der Waals surface area contributed by atoms with Gasteiger partial charge in [-0.25, -0.2) is 0 Å². The van der Waals surface area contributed by atoms with Gasteiger partial charge in [0.2, 0.25) is 0 Å². The summed E-state index contributed by atoms with van der Waals surface area (Å²) in [7, 11) is 1.98. The molecular weight excluding hydrogens is 134 g/mol. The van der Waals surface area contributed by atoms with E-state index in [1.165, 1.54) is 6.42 Å². The molecule has 0 aromatic carbocycles. The van der Waals surface area contributed by atoms with Crippen LogP contribution in [0.15, 0.2) is 0 Å². The van der Waals surface area contributed by atoms with Gasteiger partial charge >= 0.3 is 0 Å². The van der Waals surface area contributed by atoms with E-state index in [1.54, 1.807) is 0 Å². The smallest absolute Gasteiger partial charge is 0.0223 e. The summed E-state index contributed by atoms with van der Waals surface area (Å²) >= 11 is 5.53. The number of hydrogen-bond acceptors (Lipinski definition) is 1. The van der Waals surface area contributed by atoms with Crippen molar-refractivity contribution in [2.24, 2.45) is 5.92 Å². The molecule has 0 saturated carbocycles. The van der Waals surface area contributed by atoms with E-state index in [0.29, 0.717) is 0 Å². The van der Waals surface area contributed by atoms with Crippen molar-refractivity contribution in [1.29, 1.82) is 0 Å². The SMILES string of the molecule is CNCC(C)CCCCl. The fraction of sp³-hybridized carbons (Fsp3) is 1.00. The molecule has 1 atom stereocenters. The molecule has 0 aliphatic heterocycles. The van der Waals surface area contributed by atoms with Crippen molar-refractivity contribution in [3.8, 4) is 0 Å². The molecule has 0 bridgehead atoms. The van der Waals surface area contributed by atoms with Crippen molar-refractivity contribution in [3.63, 3.8) is 0 Å². The molecule has 0 saturated heterocycles. The lowest BCUT2D eigenvalue weighted by atomic mass is 10.1. The second-order valence-electron chi connectivity index (χ2n) is 2.49.